The van der Waals surface area contributed by atoms with Crippen LogP contribution in [0.1, 0.15) is 22.8 Å². The van der Waals surface area contributed by atoms with Crippen molar-refractivity contribution >= 4 is 5.91 Å². The third kappa shape index (κ3) is 3.80. The summed E-state index contributed by atoms with van der Waals surface area (Å²) in [6, 6.07) is 4.21. The normalized spacial score (nSPS) is 14.2. The first-order valence-corrected chi connectivity index (χ1v) is 5.23. The third-order valence-corrected chi connectivity index (χ3v) is 2.34. The highest BCUT2D eigenvalue weighted by atomic mass is 19.1. The van der Waals surface area contributed by atoms with E-state index in [1.807, 2.05) is 0 Å². The van der Waals surface area contributed by atoms with E-state index in [1.165, 1.54) is 19.1 Å². The quantitative estimate of drug-likeness (QED) is 0.723. The summed E-state index contributed by atoms with van der Waals surface area (Å²) in [5.41, 5.74) is -0.708. The minimum Gasteiger partial charge on any atom is -0.393 e. The number of nitrogens with one attached hydrogen (secondary N) is 1. The number of rotatable bonds is 4. The van der Waals surface area contributed by atoms with Gasteiger partial charge in [0.2, 0.25) is 0 Å². The second-order valence-electron chi connectivity index (χ2n) is 4.32. The fourth-order valence-electron chi connectivity index (χ4n) is 1.23. The van der Waals surface area contributed by atoms with Crippen molar-refractivity contribution in [3.8, 4) is 0 Å². The second kappa shape index (κ2) is 5.25. The molecule has 3 N–H and O–H groups in total. The van der Waals surface area contributed by atoms with Gasteiger partial charge < -0.3 is 15.5 Å². The summed E-state index contributed by atoms with van der Waals surface area (Å²) in [6.45, 7) is 2.50. The average molecular weight is 241 g/mol. The molecule has 0 saturated heterocycles. The van der Waals surface area contributed by atoms with E-state index >= 15 is 0 Å². The number of hydrogen-bond acceptors (Lipinski definition) is 3. The zero-order valence-corrected chi connectivity index (χ0v) is 9.83. The number of amides is 1. The molecule has 17 heavy (non-hydrogen) atoms. The molecule has 0 aromatic heterocycles. The van der Waals surface area contributed by atoms with Gasteiger partial charge in [0.25, 0.3) is 5.91 Å². The molecule has 0 heterocycles. The lowest BCUT2D eigenvalue weighted by molar-refractivity contribution is 0.00317. The van der Waals surface area contributed by atoms with Crippen LogP contribution in [-0.4, -0.2) is 34.9 Å². The lowest BCUT2D eigenvalue weighted by Crippen LogP contribution is -2.43. The molecular weight excluding hydrogens is 225 g/mol. The highest BCUT2D eigenvalue weighted by molar-refractivity contribution is 5.94. The van der Waals surface area contributed by atoms with Gasteiger partial charge in [0, 0.05) is 6.54 Å². The molecule has 0 saturated carbocycles. The fraction of sp³-hybridized carbons (Fsp3) is 0.417. The van der Waals surface area contributed by atoms with Gasteiger partial charge in [-0.3, -0.25) is 4.79 Å². The molecule has 0 fully saturated rings. The minimum atomic E-state index is -1.41. The molecule has 0 spiro atoms. The predicted molar refractivity (Wildman–Crippen MR) is 61.2 cm³/mol. The SMILES string of the molecule is Cc1ccc(F)c(C(=O)NCC(C)(O)CO)c1. The Balaban J connectivity index is 2.74. The Morgan fingerprint density at radius 2 is 2.18 bits per heavy atom. The fourth-order valence-corrected chi connectivity index (χ4v) is 1.23. The van der Waals surface area contributed by atoms with Crippen LogP contribution in [0.3, 0.4) is 0 Å². The summed E-state index contributed by atoms with van der Waals surface area (Å²) >= 11 is 0. The van der Waals surface area contributed by atoms with Crippen LogP contribution in [0.4, 0.5) is 4.39 Å². The first-order chi connectivity index (χ1) is 7.85. The highest BCUT2D eigenvalue weighted by Gasteiger charge is 2.21. The number of aliphatic hydroxyl groups is 2. The molecule has 4 nitrogen and oxygen atoms in total. The van der Waals surface area contributed by atoms with Crippen molar-refractivity contribution < 1.29 is 19.4 Å². The zero-order valence-electron chi connectivity index (χ0n) is 9.83. The van der Waals surface area contributed by atoms with Gasteiger partial charge in [-0.05, 0) is 26.0 Å². The standard InChI is InChI=1S/C12H16FNO3/c1-8-3-4-10(13)9(5-8)11(16)14-6-12(2,17)7-15/h3-5,15,17H,6-7H2,1-2H3,(H,14,16). The van der Waals surface area contributed by atoms with E-state index < -0.39 is 23.9 Å². The van der Waals surface area contributed by atoms with Gasteiger partial charge in [-0.2, -0.15) is 0 Å². The maximum atomic E-state index is 13.3. The molecule has 1 unspecified atom stereocenters. The van der Waals surface area contributed by atoms with Crippen LogP contribution in [0, 0.1) is 12.7 Å². The van der Waals surface area contributed by atoms with Gasteiger partial charge in [-0.1, -0.05) is 11.6 Å². The Labute approximate surface area is 99.1 Å². The summed E-state index contributed by atoms with van der Waals surface area (Å²) in [7, 11) is 0. The summed E-state index contributed by atoms with van der Waals surface area (Å²) < 4.78 is 13.3. The molecule has 94 valence electrons. The van der Waals surface area contributed by atoms with Crippen LogP contribution in [0.5, 0.6) is 0 Å². The smallest absolute Gasteiger partial charge is 0.254 e. The molecule has 1 aromatic carbocycles. The molecule has 1 atom stereocenters. The lowest BCUT2D eigenvalue weighted by atomic mass is 10.1. The number of hydrogen-bond donors (Lipinski definition) is 3. The molecule has 0 bridgehead atoms. The van der Waals surface area contributed by atoms with Gasteiger partial charge >= 0.3 is 0 Å². The van der Waals surface area contributed by atoms with Crippen molar-refractivity contribution in [3.63, 3.8) is 0 Å². The summed E-state index contributed by atoms with van der Waals surface area (Å²) in [5.74, 6) is -1.23. The number of carbonyl (C=O) groups is 1. The molecule has 1 aromatic rings. The monoisotopic (exact) mass is 241 g/mol. The van der Waals surface area contributed by atoms with E-state index in [0.29, 0.717) is 0 Å². The molecule has 5 heteroatoms. The van der Waals surface area contributed by atoms with E-state index in [1.54, 1.807) is 13.0 Å². The van der Waals surface area contributed by atoms with Crippen molar-refractivity contribution in [1.82, 2.24) is 5.32 Å². The predicted octanol–water partition coefficient (Wildman–Crippen LogP) is 0.607. The molecule has 1 rings (SSSR count). The van der Waals surface area contributed by atoms with E-state index in [2.05, 4.69) is 5.32 Å². The second-order valence-corrected chi connectivity index (χ2v) is 4.32. The molecular formula is C12H16FNO3. The lowest BCUT2D eigenvalue weighted by Gasteiger charge is -2.20. The van der Waals surface area contributed by atoms with Crippen molar-refractivity contribution in [2.45, 2.75) is 19.4 Å². The molecule has 0 radical (unpaired) electrons. The molecule has 0 aliphatic carbocycles. The van der Waals surface area contributed by atoms with Crippen LogP contribution >= 0.6 is 0 Å². The Morgan fingerprint density at radius 3 is 2.76 bits per heavy atom. The zero-order chi connectivity index (χ0) is 13.1. The van der Waals surface area contributed by atoms with Crippen LogP contribution in [0.25, 0.3) is 0 Å². The number of aryl methyl sites for hydroxylation is 1. The average Bonchev–Trinajstić information content (AvgIpc) is 2.29. The van der Waals surface area contributed by atoms with Crippen molar-refractivity contribution in [1.29, 1.82) is 0 Å². The minimum absolute atomic E-state index is 0.0706. The Bertz CT molecular complexity index is 418. The van der Waals surface area contributed by atoms with E-state index in [4.69, 9.17) is 5.11 Å². The maximum absolute atomic E-state index is 13.3. The topological polar surface area (TPSA) is 69.6 Å². The van der Waals surface area contributed by atoms with Gasteiger partial charge in [0.15, 0.2) is 0 Å². The Morgan fingerprint density at radius 1 is 1.53 bits per heavy atom. The van der Waals surface area contributed by atoms with Crippen LogP contribution < -0.4 is 5.32 Å². The van der Waals surface area contributed by atoms with E-state index in [9.17, 15) is 14.3 Å². The number of halogens is 1. The largest absolute Gasteiger partial charge is 0.393 e. The van der Waals surface area contributed by atoms with Crippen LogP contribution in [0.2, 0.25) is 0 Å². The van der Waals surface area contributed by atoms with Crippen molar-refractivity contribution in [2.24, 2.45) is 0 Å². The van der Waals surface area contributed by atoms with E-state index in [-0.39, 0.29) is 12.1 Å². The van der Waals surface area contributed by atoms with Crippen molar-refractivity contribution in [3.05, 3.63) is 35.1 Å². The summed E-state index contributed by atoms with van der Waals surface area (Å²) in [6.07, 6.45) is 0. The highest BCUT2D eigenvalue weighted by Crippen LogP contribution is 2.10. The number of carbonyl (C=O) groups excluding carboxylic acids is 1. The van der Waals surface area contributed by atoms with Gasteiger partial charge in [-0.15, -0.1) is 0 Å². The van der Waals surface area contributed by atoms with Crippen LogP contribution in [0.15, 0.2) is 18.2 Å². The summed E-state index contributed by atoms with van der Waals surface area (Å²) in [5, 5.41) is 20.7. The number of aliphatic hydroxyl groups excluding tert-OH is 1. The Kier molecular flexibility index (Phi) is 4.20. The first-order valence-electron chi connectivity index (χ1n) is 5.23. The van der Waals surface area contributed by atoms with Gasteiger partial charge in [0.1, 0.15) is 11.4 Å². The van der Waals surface area contributed by atoms with Gasteiger partial charge in [-0.25, -0.2) is 4.39 Å². The van der Waals surface area contributed by atoms with Gasteiger partial charge in [0.05, 0.1) is 12.2 Å². The van der Waals surface area contributed by atoms with Crippen molar-refractivity contribution in [2.75, 3.05) is 13.2 Å². The Hall–Kier alpha value is -1.46. The van der Waals surface area contributed by atoms with Crippen LogP contribution in [-0.2, 0) is 0 Å². The molecule has 1 amide bonds. The summed E-state index contributed by atoms with van der Waals surface area (Å²) in [4.78, 5) is 11.6. The molecule has 0 aliphatic rings. The molecule has 0 aliphatic heterocycles. The third-order valence-electron chi connectivity index (χ3n) is 2.34. The number of benzene rings is 1. The van der Waals surface area contributed by atoms with E-state index in [0.717, 1.165) is 5.56 Å². The maximum Gasteiger partial charge on any atom is 0.254 e. The first kappa shape index (κ1) is 13.6.